The number of benzene rings is 2. The molecule has 3 heteroatoms. The molecule has 2 aromatic rings. The van der Waals surface area contributed by atoms with E-state index in [1.807, 2.05) is 6.07 Å². The Labute approximate surface area is 130 Å². The molecule has 2 aromatic carbocycles. The molecule has 4 rings (SSSR count). The molecule has 1 aliphatic heterocycles. The Morgan fingerprint density at radius 2 is 1.50 bits per heavy atom. The van der Waals surface area contributed by atoms with E-state index in [4.69, 9.17) is 9.47 Å². The van der Waals surface area contributed by atoms with Gasteiger partial charge < -0.3 is 14.6 Å². The summed E-state index contributed by atoms with van der Waals surface area (Å²) in [7, 11) is 0. The smallest absolute Gasteiger partial charge is 0.184 e. The van der Waals surface area contributed by atoms with Gasteiger partial charge >= 0.3 is 0 Å². The van der Waals surface area contributed by atoms with Crippen molar-refractivity contribution < 1.29 is 14.6 Å². The lowest BCUT2D eigenvalue weighted by Crippen LogP contribution is -2.16. The highest BCUT2D eigenvalue weighted by Crippen LogP contribution is 2.45. The van der Waals surface area contributed by atoms with Crippen molar-refractivity contribution in [3.63, 3.8) is 0 Å². The summed E-state index contributed by atoms with van der Waals surface area (Å²) >= 11 is 0. The van der Waals surface area contributed by atoms with E-state index in [1.54, 1.807) is 0 Å². The summed E-state index contributed by atoms with van der Waals surface area (Å²) < 4.78 is 11.4. The molecule has 2 aliphatic rings. The second-order valence-electron chi connectivity index (χ2n) is 6.03. The van der Waals surface area contributed by atoms with Gasteiger partial charge in [0.25, 0.3) is 0 Å². The minimum Gasteiger partial charge on any atom is -0.396 e. The third kappa shape index (κ3) is 2.26. The maximum Gasteiger partial charge on any atom is 0.184 e. The summed E-state index contributed by atoms with van der Waals surface area (Å²) in [5, 5.41) is 9.86. The fraction of sp³-hybridized carbons (Fsp3) is 0.368. The van der Waals surface area contributed by atoms with Gasteiger partial charge in [-0.25, -0.2) is 0 Å². The third-order valence-corrected chi connectivity index (χ3v) is 4.78. The number of fused-ring (bicyclic) bond motifs is 1. The molecule has 22 heavy (non-hydrogen) atoms. The van der Waals surface area contributed by atoms with Crippen LogP contribution in [0.25, 0.3) is 0 Å². The van der Waals surface area contributed by atoms with Gasteiger partial charge in [-0.1, -0.05) is 48.5 Å². The van der Waals surface area contributed by atoms with Gasteiger partial charge in [0.05, 0.1) is 13.2 Å². The first-order valence-electron chi connectivity index (χ1n) is 7.89. The van der Waals surface area contributed by atoms with Crippen molar-refractivity contribution in [3.05, 3.63) is 70.8 Å². The van der Waals surface area contributed by atoms with Crippen molar-refractivity contribution in [2.75, 3.05) is 19.8 Å². The molecule has 0 amide bonds. The van der Waals surface area contributed by atoms with E-state index in [-0.39, 0.29) is 24.7 Å². The first-order chi connectivity index (χ1) is 10.9. The van der Waals surface area contributed by atoms with Crippen LogP contribution in [-0.4, -0.2) is 24.9 Å². The fourth-order valence-corrected chi connectivity index (χ4v) is 3.82. The summed E-state index contributed by atoms with van der Waals surface area (Å²) in [5.74, 6) is 0.435. The maximum atomic E-state index is 9.86. The number of hydrogen-bond acceptors (Lipinski definition) is 3. The molecule has 1 saturated heterocycles. The minimum absolute atomic E-state index is 0.195. The predicted molar refractivity (Wildman–Crippen MR) is 83.7 cm³/mol. The lowest BCUT2D eigenvalue weighted by atomic mass is 9.83. The highest BCUT2D eigenvalue weighted by Gasteiger charge is 2.35. The van der Waals surface area contributed by atoms with E-state index >= 15 is 0 Å². The number of rotatable bonds is 3. The molecule has 2 atom stereocenters. The number of aliphatic hydroxyl groups excluding tert-OH is 1. The zero-order valence-electron chi connectivity index (χ0n) is 12.4. The number of aliphatic hydroxyl groups is 1. The zero-order chi connectivity index (χ0) is 14.9. The van der Waals surface area contributed by atoms with Gasteiger partial charge in [-0.3, -0.25) is 0 Å². The molecule has 2 unspecified atom stereocenters. The van der Waals surface area contributed by atoms with Crippen molar-refractivity contribution in [2.24, 2.45) is 5.92 Å². The summed E-state index contributed by atoms with van der Waals surface area (Å²) in [4.78, 5) is 0. The van der Waals surface area contributed by atoms with E-state index in [0.29, 0.717) is 13.2 Å². The SMILES string of the molecule is OCC1Cc2ccccc2C1c1ccccc1C1OCCO1. The molecule has 1 fully saturated rings. The van der Waals surface area contributed by atoms with Crippen LogP contribution >= 0.6 is 0 Å². The van der Waals surface area contributed by atoms with Crippen LogP contribution in [-0.2, 0) is 15.9 Å². The summed E-state index contributed by atoms with van der Waals surface area (Å²) in [6.45, 7) is 1.48. The zero-order valence-corrected chi connectivity index (χ0v) is 12.4. The van der Waals surface area contributed by atoms with Crippen LogP contribution in [0.4, 0.5) is 0 Å². The van der Waals surface area contributed by atoms with Crippen molar-refractivity contribution in [1.29, 1.82) is 0 Å². The van der Waals surface area contributed by atoms with Gasteiger partial charge in [0, 0.05) is 18.1 Å². The number of hydrogen-bond donors (Lipinski definition) is 1. The van der Waals surface area contributed by atoms with Crippen molar-refractivity contribution in [3.8, 4) is 0 Å². The van der Waals surface area contributed by atoms with Crippen LogP contribution in [0.2, 0.25) is 0 Å². The van der Waals surface area contributed by atoms with Crippen molar-refractivity contribution >= 4 is 0 Å². The second-order valence-corrected chi connectivity index (χ2v) is 6.03. The molecule has 0 saturated carbocycles. The fourth-order valence-electron chi connectivity index (χ4n) is 3.82. The van der Waals surface area contributed by atoms with Gasteiger partial charge in [0.2, 0.25) is 0 Å². The molecule has 114 valence electrons. The lowest BCUT2D eigenvalue weighted by molar-refractivity contribution is -0.0449. The van der Waals surface area contributed by atoms with E-state index in [1.165, 1.54) is 16.7 Å². The summed E-state index contributed by atoms with van der Waals surface area (Å²) in [6.07, 6.45) is 0.654. The molecule has 0 radical (unpaired) electrons. The normalized spacial score (nSPS) is 24.6. The van der Waals surface area contributed by atoms with Gasteiger partial charge in [-0.05, 0) is 29.0 Å². The standard InChI is InChI=1S/C19H20O3/c20-12-14-11-13-5-1-2-6-15(13)18(14)16-7-3-4-8-17(16)19-21-9-10-22-19/h1-8,14,18-20H,9-12H2. The monoisotopic (exact) mass is 296 g/mol. The van der Waals surface area contributed by atoms with E-state index in [0.717, 1.165) is 12.0 Å². The van der Waals surface area contributed by atoms with E-state index in [2.05, 4.69) is 42.5 Å². The van der Waals surface area contributed by atoms with Gasteiger partial charge in [0.15, 0.2) is 6.29 Å². The van der Waals surface area contributed by atoms with E-state index in [9.17, 15) is 5.11 Å². The maximum absolute atomic E-state index is 9.86. The Balaban J connectivity index is 1.80. The topological polar surface area (TPSA) is 38.7 Å². The van der Waals surface area contributed by atoms with Gasteiger partial charge in [0.1, 0.15) is 0 Å². The molecule has 0 aromatic heterocycles. The lowest BCUT2D eigenvalue weighted by Gasteiger charge is -2.24. The Bertz CT molecular complexity index is 661. The first-order valence-corrected chi connectivity index (χ1v) is 7.89. The van der Waals surface area contributed by atoms with Crippen molar-refractivity contribution in [2.45, 2.75) is 18.6 Å². The Hall–Kier alpha value is -1.68. The minimum atomic E-state index is -0.275. The molecular formula is C19H20O3. The van der Waals surface area contributed by atoms with Crippen molar-refractivity contribution in [1.82, 2.24) is 0 Å². The largest absolute Gasteiger partial charge is 0.396 e. The Morgan fingerprint density at radius 1 is 0.864 bits per heavy atom. The molecule has 1 N–H and O–H groups in total. The highest BCUT2D eigenvalue weighted by molar-refractivity contribution is 5.46. The first kappa shape index (κ1) is 13.9. The van der Waals surface area contributed by atoms with Crippen LogP contribution in [0.1, 0.15) is 34.5 Å². The average Bonchev–Trinajstić information content (AvgIpc) is 3.22. The molecule has 3 nitrogen and oxygen atoms in total. The number of ether oxygens (including phenoxy) is 2. The van der Waals surface area contributed by atoms with Crippen LogP contribution in [0, 0.1) is 5.92 Å². The van der Waals surface area contributed by atoms with Crippen LogP contribution in [0.3, 0.4) is 0 Å². The quantitative estimate of drug-likeness (QED) is 0.946. The van der Waals surface area contributed by atoms with E-state index < -0.39 is 0 Å². The highest BCUT2D eigenvalue weighted by atomic mass is 16.7. The molecular weight excluding hydrogens is 276 g/mol. The molecule has 1 aliphatic carbocycles. The average molecular weight is 296 g/mol. The molecule has 0 spiro atoms. The molecule has 1 heterocycles. The van der Waals surface area contributed by atoms with Gasteiger partial charge in [-0.2, -0.15) is 0 Å². The van der Waals surface area contributed by atoms with Crippen LogP contribution in [0.15, 0.2) is 48.5 Å². The predicted octanol–water partition coefficient (Wildman–Crippen LogP) is 3.03. The summed E-state index contributed by atoms with van der Waals surface area (Å²) in [6, 6.07) is 16.8. The summed E-state index contributed by atoms with van der Waals surface area (Å²) in [5.41, 5.74) is 4.99. The third-order valence-electron chi connectivity index (χ3n) is 4.78. The van der Waals surface area contributed by atoms with Crippen LogP contribution in [0.5, 0.6) is 0 Å². The Morgan fingerprint density at radius 3 is 2.23 bits per heavy atom. The second kappa shape index (κ2) is 5.84. The van der Waals surface area contributed by atoms with Crippen LogP contribution < -0.4 is 0 Å². The van der Waals surface area contributed by atoms with Gasteiger partial charge in [-0.15, -0.1) is 0 Å². The Kier molecular flexibility index (Phi) is 3.70. The molecule has 0 bridgehead atoms.